The number of amides is 2. The molecule has 1 heterocycles. The molecule has 2 amide bonds. The first-order valence-corrected chi connectivity index (χ1v) is 13.3. The van der Waals surface area contributed by atoms with Crippen molar-refractivity contribution in [2.45, 2.75) is 19.8 Å². The summed E-state index contributed by atoms with van der Waals surface area (Å²) >= 11 is 11.7. The molecule has 210 valence electrons. The van der Waals surface area contributed by atoms with Crippen molar-refractivity contribution < 1.29 is 33.5 Å². The van der Waals surface area contributed by atoms with Crippen molar-refractivity contribution >= 4 is 64.9 Å². The molecule has 0 spiro atoms. The van der Waals surface area contributed by atoms with E-state index < -0.39 is 35.8 Å². The number of esters is 1. The Balaban J connectivity index is 0.000000436. The lowest BCUT2D eigenvalue weighted by atomic mass is 10.0. The summed E-state index contributed by atoms with van der Waals surface area (Å²) in [6.45, 7) is 1.50. The van der Waals surface area contributed by atoms with Gasteiger partial charge in [0.15, 0.2) is 12.1 Å². The molecule has 1 aliphatic heterocycles. The SMILES string of the molecule is CCOC(=O)/C(=C/c1ccccc1Cl)C(=O)CC(=O)CCN1C(=O)c2ccccc2C1=O.O=Cc1ccccc1Cl. The highest BCUT2D eigenvalue weighted by Crippen LogP contribution is 2.23. The van der Waals surface area contributed by atoms with Gasteiger partial charge in [-0.3, -0.25) is 28.9 Å². The molecule has 0 unspecified atom stereocenters. The Morgan fingerprint density at radius 2 is 1.32 bits per heavy atom. The standard InChI is InChI=1S/C24H20ClNO6.C7H5ClO/c1-2-32-24(31)19(13-15-7-3-6-10-20(15)25)21(28)14-16(27)11-12-26-22(29)17-8-4-5-9-18(17)23(26)30;8-7-4-2-1-3-6(7)5-9/h3-10,13H,2,11-12,14H2,1H3;1-5H/b19-13+;. The smallest absolute Gasteiger partial charge is 0.341 e. The van der Waals surface area contributed by atoms with Gasteiger partial charge in [-0.15, -0.1) is 0 Å². The second-order valence-electron chi connectivity index (χ2n) is 8.64. The lowest BCUT2D eigenvalue weighted by Crippen LogP contribution is -2.32. The Morgan fingerprint density at radius 3 is 1.80 bits per heavy atom. The van der Waals surface area contributed by atoms with Crippen LogP contribution in [0.1, 0.15) is 56.4 Å². The number of halogens is 2. The first kappa shape index (κ1) is 31.1. The van der Waals surface area contributed by atoms with Gasteiger partial charge in [0.25, 0.3) is 11.8 Å². The van der Waals surface area contributed by atoms with E-state index in [0.29, 0.717) is 21.2 Å². The fourth-order valence-corrected chi connectivity index (χ4v) is 4.19. The van der Waals surface area contributed by atoms with E-state index in [4.69, 9.17) is 27.9 Å². The van der Waals surface area contributed by atoms with Gasteiger partial charge in [-0.25, -0.2) is 4.79 Å². The van der Waals surface area contributed by atoms with Crippen molar-refractivity contribution in [2.24, 2.45) is 0 Å². The van der Waals surface area contributed by atoms with Crippen molar-refractivity contribution in [3.63, 3.8) is 0 Å². The number of carbonyl (C=O) groups excluding carboxylic acids is 6. The van der Waals surface area contributed by atoms with Crippen molar-refractivity contribution in [1.29, 1.82) is 0 Å². The van der Waals surface area contributed by atoms with E-state index in [9.17, 15) is 28.8 Å². The number of Topliss-reactive ketones (excluding diaryl/α,β-unsaturated/α-hetero) is 2. The van der Waals surface area contributed by atoms with Crippen LogP contribution in [0.2, 0.25) is 10.0 Å². The number of imide groups is 1. The summed E-state index contributed by atoms with van der Waals surface area (Å²) in [7, 11) is 0. The molecule has 0 fully saturated rings. The molecular weight excluding hydrogens is 569 g/mol. The van der Waals surface area contributed by atoms with Crippen molar-refractivity contribution in [1.82, 2.24) is 4.90 Å². The second-order valence-corrected chi connectivity index (χ2v) is 9.45. The number of benzene rings is 3. The lowest BCUT2D eigenvalue weighted by molar-refractivity contribution is -0.140. The summed E-state index contributed by atoms with van der Waals surface area (Å²) in [5.74, 6) is -3.05. The van der Waals surface area contributed by atoms with Gasteiger partial charge in [-0.05, 0) is 42.8 Å². The number of ether oxygens (including phenoxy) is 1. The topological polar surface area (TPSA) is 115 Å². The highest BCUT2D eigenvalue weighted by atomic mass is 35.5. The summed E-state index contributed by atoms with van der Waals surface area (Å²) in [4.78, 5) is 73.3. The van der Waals surface area contributed by atoms with Crippen LogP contribution in [0, 0.1) is 0 Å². The van der Waals surface area contributed by atoms with E-state index in [1.54, 1.807) is 79.7 Å². The minimum atomic E-state index is -0.856. The number of hydrogen-bond acceptors (Lipinski definition) is 7. The number of aldehydes is 1. The summed E-state index contributed by atoms with van der Waals surface area (Å²) in [6, 6.07) is 19.9. The van der Waals surface area contributed by atoms with Crippen LogP contribution in [0.3, 0.4) is 0 Å². The van der Waals surface area contributed by atoms with Gasteiger partial charge in [0, 0.05) is 23.6 Å². The lowest BCUT2D eigenvalue weighted by Gasteiger charge is -2.13. The third-order valence-corrected chi connectivity index (χ3v) is 6.57. The minimum Gasteiger partial charge on any atom is -0.462 e. The van der Waals surface area contributed by atoms with E-state index in [0.717, 1.165) is 11.2 Å². The Kier molecular flexibility index (Phi) is 11.3. The first-order chi connectivity index (χ1) is 19.7. The second kappa shape index (κ2) is 14.8. The number of ketones is 2. The molecular formula is C31H25Cl2NO7. The molecule has 0 aromatic heterocycles. The molecule has 41 heavy (non-hydrogen) atoms. The predicted molar refractivity (Wildman–Crippen MR) is 154 cm³/mol. The Morgan fingerprint density at radius 1 is 0.805 bits per heavy atom. The summed E-state index contributed by atoms with van der Waals surface area (Å²) < 4.78 is 4.94. The van der Waals surface area contributed by atoms with Crippen LogP contribution in [0.5, 0.6) is 0 Å². The molecule has 3 aromatic rings. The highest BCUT2D eigenvalue weighted by molar-refractivity contribution is 6.33. The van der Waals surface area contributed by atoms with Gasteiger partial charge in [0.2, 0.25) is 0 Å². The fraction of sp³-hybridized carbons (Fsp3) is 0.161. The largest absolute Gasteiger partial charge is 0.462 e. The van der Waals surface area contributed by atoms with Crippen molar-refractivity contribution in [3.8, 4) is 0 Å². The minimum absolute atomic E-state index is 0.0552. The summed E-state index contributed by atoms with van der Waals surface area (Å²) in [5.41, 5.74) is 1.25. The highest BCUT2D eigenvalue weighted by Gasteiger charge is 2.35. The van der Waals surface area contributed by atoms with E-state index in [1.807, 2.05) is 0 Å². The molecule has 0 N–H and O–H groups in total. The third-order valence-electron chi connectivity index (χ3n) is 5.88. The van der Waals surface area contributed by atoms with Crippen LogP contribution in [-0.4, -0.2) is 53.7 Å². The number of fused-ring (bicyclic) bond motifs is 1. The quantitative estimate of drug-likeness (QED) is 0.0744. The molecule has 0 saturated carbocycles. The molecule has 0 bridgehead atoms. The molecule has 4 rings (SSSR count). The zero-order chi connectivity index (χ0) is 29.9. The summed E-state index contributed by atoms with van der Waals surface area (Å²) in [5, 5.41) is 0.839. The Hall–Kier alpha value is -4.40. The van der Waals surface area contributed by atoms with Gasteiger partial charge < -0.3 is 4.74 Å². The monoisotopic (exact) mass is 593 g/mol. The van der Waals surface area contributed by atoms with Crippen molar-refractivity contribution in [3.05, 3.63) is 111 Å². The zero-order valence-electron chi connectivity index (χ0n) is 22.0. The zero-order valence-corrected chi connectivity index (χ0v) is 23.5. The molecule has 8 nitrogen and oxygen atoms in total. The normalized spacial score (nSPS) is 12.3. The maximum atomic E-state index is 12.7. The van der Waals surface area contributed by atoms with E-state index in [-0.39, 0.29) is 36.3 Å². The molecule has 0 aliphatic carbocycles. The Bertz CT molecular complexity index is 1500. The molecule has 10 heteroatoms. The van der Waals surface area contributed by atoms with Crippen LogP contribution in [0.15, 0.2) is 78.4 Å². The van der Waals surface area contributed by atoms with Gasteiger partial charge >= 0.3 is 5.97 Å². The molecule has 0 radical (unpaired) electrons. The van der Waals surface area contributed by atoms with Gasteiger partial charge in [-0.1, -0.05) is 71.7 Å². The molecule has 0 saturated heterocycles. The number of hydrogen-bond donors (Lipinski definition) is 0. The number of rotatable bonds is 10. The molecule has 0 atom stereocenters. The third kappa shape index (κ3) is 8.06. The van der Waals surface area contributed by atoms with Crippen LogP contribution in [0.25, 0.3) is 6.08 Å². The van der Waals surface area contributed by atoms with Gasteiger partial charge in [0.1, 0.15) is 11.4 Å². The van der Waals surface area contributed by atoms with E-state index >= 15 is 0 Å². The van der Waals surface area contributed by atoms with Crippen LogP contribution in [-0.2, 0) is 19.1 Å². The van der Waals surface area contributed by atoms with Gasteiger partial charge in [-0.2, -0.15) is 0 Å². The van der Waals surface area contributed by atoms with Crippen LogP contribution >= 0.6 is 23.2 Å². The van der Waals surface area contributed by atoms with E-state index in [2.05, 4.69) is 0 Å². The maximum Gasteiger partial charge on any atom is 0.341 e. The van der Waals surface area contributed by atoms with Gasteiger partial charge in [0.05, 0.1) is 29.2 Å². The average molecular weight is 594 g/mol. The maximum absolute atomic E-state index is 12.7. The number of carbonyl (C=O) groups is 6. The first-order valence-electron chi connectivity index (χ1n) is 12.5. The van der Waals surface area contributed by atoms with E-state index in [1.165, 1.54) is 6.08 Å². The van der Waals surface area contributed by atoms with Crippen molar-refractivity contribution in [2.75, 3.05) is 13.2 Å². The molecule has 3 aromatic carbocycles. The Labute approximate surface area is 246 Å². The van der Waals surface area contributed by atoms with Crippen LogP contribution < -0.4 is 0 Å². The number of nitrogens with zero attached hydrogens (tertiary/aromatic N) is 1. The summed E-state index contributed by atoms with van der Waals surface area (Å²) in [6.07, 6.45) is 1.25. The van der Waals surface area contributed by atoms with Crippen LogP contribution in [0.4, 0.5) is 0 Å². The average Bonchev–Trinajstić information content (AvgIpc) is 3.21. The predicted octanol–water partition coefficient (Wildman–Crippen LogP) is 5.65. The fourth-order valence-electron chi connectivity index (χ4n) is 3.82. The molecule has 1 aliphatic rings.